The van der Waals surface area contributed by atoms with Crippen LogP contribution in [-0.4, -0.2) is 13.0 Å². The second kappa shape index (κ2) is 6.94. The SMILES string of the molecule is CCCC(C)C(=O)NCc1cccc(OC)c1. The summed E-state index contributed by atoms with van der Waals surface area (Å²) in [5, 5.41) is 2.94. The van der Waals surface area contributed by atoms with Crippen molar-refractivity contribution in [3.63, 3.8) is 0 Å². The maximum atomic E-state index is 11.7. The average Bonchev–Trinajstić information content (AvgIpc) is 2.36. The maximum absolute atomic E-state index is 11.7. The molecule has 94 valence electrons. The number of carbonyl (C=O) groups excluding carboxylic acids is 1. The van der Waals surface area contributed by atoms with Gasteiger partial charge in [0, 0.05) is 12.5 Å². The highest BCUT2D eigenvalue weighted by atomic mass is 16.5. The predicted molar refractivity (Wildman–Crippen MR) is 68.9 cm³/mol. The van der Waals surface area contributed by atoms with Crippen LogP contribution < -0.4 is 10.1 Å². The Morgan fingerprint density at radius 2 is 2.24 bits per heavy atom. The van der Waals surface area contributed by atoms with Crippen LogP contribution in [0, 0.1) is 5.92 Å². The van der Waals surface area contributed by atoms with Gasteiger partial charge >= 0.3 is 0 Å². The lowest BCUT2D eigenvalue weighted by atomic mass is 10.1. The number of rotatable bonds is 6. The quantitative estimate of drug-likeness (QED) is 0.823. The third-order valence-electron chi connectivity index (χ3n) is 2.77. The Bertz CT molecular complexity index is 363. The molecule has 0 aliphatic rings. The maximum Gasteiger partial charge on any atom is 0.223 e. The molecule has 0 saturated heterocycles. The molecule has 0 heterocycles. The first-order chi connectivity index (χ1) is 8.17. The third kappa shape index (κ3) is 4.47. The van der Waals surface area contributed by atoms with Gasteiger partial charge in [-0.05, 0) is 24.1 Å². The van der Waals surface area contributed by atoms with Crippen molar-refractivity contribution in [2.45, 2.75) is 33.2 Å². The van der Waals surface area contributed by atoms with Crippen molar-refractivity contribution < 1.29 is 9.53 Å². The first kappa shape index (κ1) is 13.6. The van der Waals surface area contributed by atoms with E-state index in [1.807, 2.05) is 31.2 Å². The highest BCUT2D eigenvalue weighted by Gasteiger charge is 2.10. The normalized spacial score (nSPS) is 11.9. The van der Waals surface area contributed by atoms with E-state index in [2.05, 4.69) is 12.2 Å². The lowest BCUT2D eigenvalue weighted by molar-refractivity contribution is -0.124. The summed E-state index contributed by atoms with van der Waals surface area (Å²) in [5.74, 6) is 1.03. The Balaban J connectivity index is 2.46. The van der Waals surface area contributed by atoms with E-state index in [-0.39, 0.29) is 11.8 Å². The van der Waals surface area contributed by atoms with Gasteiger partial charge in [-0.15, -0.1) is 0 Å². The molecule has 1 unspecified atom stereocenters. The van der Waals surface area contributed by atoms with Crippen molar-refractivity contribution in [2.75, 3.05) is 7.11 Å². The number of amides is 1. The standard InChI is InChI=1S/C14H21NO2/c1-4-6-11(2)14(16)15-10-12-7-5-8-13(9-12)17-3/h5,7-9,11H,4,6,10H2,1-3H3,(H,15,16). The van der Waals surface area contributed by atoms with Crippen LogP contribution in [0.2, 0.25) is 0 Å². The number of hydrogen-bond donors (Lipinski definition) is 1. The molecule has 1 atom stereocenters. The lowest BCUT2D eigenvalue weighted by Gasteiger charge is -2.11. The van der Waals surface area contributed by atoms with Crippen LogP contribution in [0.5, 0.6) is 5.75 Å². The molecular weight excluding hydrogens is 214 g/mol. The molecule has 1 aromatic rings. The van der Waals surface area contributed by atoms with E-state index < -0.39 is 0 Å². The Labute approximate surface area is 103 Å². The topological polar surface area (TPSA) is 38.3 Å². The van der Waals surface area contributed by atoms with Gasteiger partial charge in [0.25, 0.3) is 0 Å². The van der Waals surface area contributed by atoms with Crippen molar-refractivity contribution in [3.8, 4) is 5.75 Å². The van der Waals surface area contributed by atoms with E-state index in [9.17, 15) is 4.79 Å². The summed E-state index contributed by atoms with van der Waals surface area (Å²) in [6.45, 7) is 4.61. The van der Waals surface area contributed by atoms with Crippen LogP contribution in [0.25, 0.3) is 0 Å². The molecule has 3 heteroatoms. The second-order valence-corrected chi connectivity index (χ2v) is 4.26. The van der Waals surface area contributed by atoms with Gasteiger partial charge in [-0.3, -0.25) is 4.79 Å². The zero-order valence-corrected chi connectivity index (χ0v) is 10.8. The predicted octanol–water partition coefficient (Wildman–Crippen LogP) is 2.75. The molecule has 1 rings (SSSR count). The van der Waals surface area contributed by atoms with E-state index in [0.717, 1.165) is 24.2 Å². The van der Waals surface area contributed by atoms with Crippen molar-refractivity contribution in [1.82, 2.24) is 5.32 Å². The third-order valence-corrected chi connectivity index (χ3v) is 2.77. The van der Waals surface area contributed by atoms with Gasteiger partial charge < -0.3 is 10.1 Å². The van der Waals surface area contributed by atoms with Gasteiger partial charge in [-0.1, -0.05) is 32.4 Å². The smallest absolute Gasteiger partial charge is 0.223 e. The molecule has 0 spiro atoms. The van der Waals surface area contributed by atoms with Gasteiger partial charge in [-0.25, -0.2) is 0 Å². The van der Waals surface area contributed by atoms with E-state index in [1.165, 1.54) is 0 Å². The first-order valence-electron chi connectivity index (χ1n) is 6.08. The van der Waals surface area contributed by atoms with Gasteiger partial charge in [0.1, 0.15) is 5.75 Å². The fourth-order valence-electron chi connectivity index (χ4n) is 1.71. The zero-order chi connectivity index (χ0) is 12.7. The number of benzene rings is 1. The van der Waals surface area contributed by atoms with Crippen LogP contribution >= 0.6 is 0 Å². The monoisotopic (exact) mass is 235 g/mol. The molecule has 3 nitrogen and oxygen atoms in total. The van der Waals surface area contributed by atoms with Crippen LogP contribution in [0.4, 0.5) is 0 Å². The van der Waals surface area contributed by atoms with Gasteiger partial charge in [-0.2, -0.15) is 0 Å². The van der Waals surface area contributed by atoms with E-state index >= 15 is 0 Å². The Morgan fingerprint density at radius 3 is 2.88 bits per heavy atom. The number of methoxy groups -OCH3 is 1. The van der Waals surface area contributed by atoms with Crippen molar-refractivity contribution in [1.29, 1.82) is 0 Å². The summed E-state index contributed by atoms with van der Waals surface area (Å²) in [5.41, 5.74) is 1.06. The van der Waals surface area contributed by atoms with Crippen LogP contribution in [0.15, 0.2) is 24.3 Å². The average molecular weight is 235 g/mol. The van der Waals surface area contributed by atoms with E-state index in [4.69, 9.17) is 4.74 Å². The van der Waals surface area contributed by atoms with Crippen molar-refractivity contribution in [2.24, 2.45) is 5.92 Å². The summed E-state index contributed by atoms with van der Waals surface area (Å²) in [7, 11) is 1.64. The first-order valence-corrected chi connectivity index (χ1v) is 6.08. The van der Waals surface area contributed by atoms with Crippen LogP contribution in [0.1, 0.15) is 32.3 Å². The Kier molecular flexibility index (Phi) is 5.53. The van der Waals surface area contributed by atoms with E-state index in [1.54, 1.807) is 7.11 Å². The van der Waals surface area contributed by atoms with Gasteiger partial charge in [0.2, 0.25) is 5.91 Å². The highest BCUT2D eigenvalue weighted by Crippen LogP contribution is 2.12. The molecule has 0 aliphatic heterocycles. The molecule has 1 N–H and O–H groups in total. The summed E-state index contributed by atoms with van der Waals surface area (Å²) >= 11 is 0. The zero-order valence-electron chi connectivity index (χ0n) is 10.8. The van der Waals surface area contributed by atoms with Crippen molar-refractivity contribution >= 4 is 5.91 Å². The van der Waals surface area contributed by atoms with Crippen LogP contribution in [0.3, 0.4) is 0 Å². The molecule has 0 aliphatic carbocycles. The lowest BCUT2D eigenvalue weighted by Crippen LogP contribution is -2.28. The summed E-state index contributed by atoms with van der Waals surface area (Å²) in [4.78, 5) is 11.7. The Morgan fingerprint density at radius 1 is 1.47 bits per heavy atom. The number of ether oxygens (including phenoxy) is 1. The fourth-order valence-corrected chi connectivity index (χ4v) is 1.71. The minimum atomic E-state index is 0.0885. The second-order valence-electron chi connectivity index (χ2n) is 4.26. The Hall–Kier alpha value is -1.51. The number of carbonyl (C=O) groups is 1. The molecule has 0 bridgehead atoms. The molecule has 1 amide bonds. The molecule has 17 heavy (non-hydrogen) atoms. The molecule has 1 aromatic carbocycles. The van der Waals surface area contributed by atoms with Crippen molar-refractivity contribution in [3.05, 3.63) is 29.8 Å². The molecule has 0 saturated carbocycles. The fraction of sp³-hybridized carbons (Fsp3) is 0.500. The highest BCUT2D eigenvalue weighted by molar-refractivity contribution is 5.78. The summed E-state index contributed by atoms with van der Waals surface area (Å²) < 4.78 is 5.13. The largest absolute Gasteiger partial charge is 0.497 e. The summed E-state index contributed by atoms with van der Waals surface area (Å²) in [6, 6.07) is 7.73. The summed E-state index contributed by atoms with van der Waals surface area (Å²) in [6.07, 6.45) is 1.97. The molecule has 0 radical (unpaired) electrons. The number of hydrogen-bond acceptors (Lipinski definition) is 2. The molecular formula is C14H21NO2. The van der Waals surface area contributed by atoms with E-state index in [0.29, 0.717) is 6.54 Å². The van der Waals surface area contributed by atoms with Gasteiger partial charge in [0.05, 0.1) is 7.11 Å². The van der Waals surface area contributed by atoms with Crippen LogP contribution in [-0.2, 0) is 11.3 Å². The molecule has 0 aromatic heterocycles. The van der Waals surface area contributed by atoms with Gasteiger partial charge in [0.15, 0.2) is 0 Å². The minimum absolute atomic E-state index is 0.0885. The number of nitrogens with one attached hydrogen (secondary N) is 1. The minimum Gasteiger partial charge on any atom is -0.497 e. The molecule has 0 fully saturated rings.